The van der Waals surface area contributed by atoms with Crippen molar-refractivity contribution in [3.8, 4) is 0 Å². The van der Waals surface area contributed by atoms with Crippen molar-refractivity contribution in [1.82, 2.24) is 25.2 Å². The van der Waals surface area contributed by atoms with Crippen LogP contribution in [-0.2, 0) is 33.5 Å². The number of aromatic nitrogens is 4. The highest BCUT2D eigenvalue weighted by molar-refractivity contribution is 6.76. The molecule has 0 aliphatic carbocycles. The third kappa shape index (κ3) is 11.1. The van der Waals surface area contributed by atoms with Gasteiger partial charge in [-0.3, -0.25) is 14.4 Å². The summed E-state index contributed by atoms with van der Waals surface area (Å²) < 4.78 is 99.7. The maximum Gasteiger partial charge on any atom is 0.423 e. The number of nitrogens with one attached hydrogen (secondary N) is 2. The molecule has 1 amide bonds. The smallest absolute Gasteiger partial charge is 0.383 e. The van der Waals surface area contributed by atoms with Crippen LogP contribution in [0.4, 0.5) is 42.4 Å². The third-order valence-electron chi connectivity index (χ3n) is 6.47. The molecule has 11 nitrogen and oxygen atoms in total. The van der Waals surface area contributed by atoms with E-state index in [9.17, 15) is 40.3 Å². The Morgan fingerprint density at radius 2 is 1.78 bits per heavy atom. The number of amides is 1. The van der Waals surface area contributed by atoms with E-state index >= 15 is 0 Å². The number of nitrogens with zero attached hydrogens (tertiary/aromatic N) is 5. The minimum absolute atomic E-state index is 0.0632. The third-order valence-corrected chi connectivity index (χ3v) is 8.17. The van der Waals surface area contributed by atoms with Crippen LogP contribution in [0.15, 0.2) is 35.0 Å². The van der Waals surface area contributed by atoms with Gasteiger partial charge in [0.2, 0.25) is 5.95 Å². The van der Waals surface area contributed by atoms with E-state index in [1.807, 2.05) is 0 Å². The number of anilines is 2. The Labute approximate surface area is 254 Å². The number of carbonyl (C=O) groups excluding carboxylic acids is 1. The molecule has 45 heavy (non-hydrogen) atoms. The molecule has 0 spiro atoms. The van der Waals surface area contributed by atoms with Crippen molar-refractivity contribution in [1.29, 1.82) is 0 Å². The van der Waals surface area contributed by atoms with Crippen LogP contribution in [-0.4, -0.2) is 72.7 Å². The zero-order valence-electron chi connectivity index (χ0n) is 24.8. The van der Waals surface area contributed by atoms with Gasteiger partial charge in [0.15, 0.2) is 0 Å². The van der Waals surface area contributed by atoms with E-state index < -0.39 is 61.6 Å². The SMILES string of the molecule is C[Si](C)(C)CCOCn1ncc(NCCCONC(=O)/C=C2/CCN(c3ncc(C(F)(F)F)cn3)C[C@H]2F)c(C(F)(F)F)c1=O. The summed E-state index contributed by atoms with van der Waals surface area (Å²) in [6.45, 7) is 5.91. The Hall–Kier alpha value is -3.58. The lowest BCUT2D eigenvalue weighted by molar-refractivity contribution is -0.139. The van der Waals surface area contributed by atoms with Gasteiger partial charge in [0.25, 0.3) is 11.5 Å². The quantitative estimate of drug-likeness (QED) is 0.105. The van der Waals surface area contributed by atoms with Crippen molar-refractivity contribution in [2.24, 2.45) is 0 Å². The molecular weight excluding hydrogens is 635 g/mol. The number of ether oxygens (including phenoxy) is 1. The zero-order chi connectivity index (χ0) is 33.4. The summed E-state index contributed by atoms with van der Waals surface area (Å²) in [5.74, 6) is -0.855. The van der Waals surface area contributed by atoms with E-state index in [0.29, 0.717) is 23.7 Å². The van der Waals surface area contributed by atoms with E-state index in [0.717, 1.165) is 18.3 Å². The number of carbonyl (C=O) groups is 1. The monoisotopic (exact) mass is 669 g/mol. The molecule has 1 aliphatic rings. The summed E-state index contributed by atoms with van der Waals surface area (Å²) in [5.41, 5.74) is -2.09. The molecule has 2 aromatic rings. The predicted octanol–water partition coefficient (Wildman–Crippen LogP) is 4.41. The molecular formula is C26H34F7N7O4Si. The number of rotatable bonds is 13. The lowest BCUT2D eigenvalue weighted by atomic mass is 10.0. The Morgan fingerprint density at radius 1 is 1.09 bits per heavy atom. The van der Waals surface area contributed by atoms with Gasteiger partial charge >= 0.3 is 12.4 Å². The van der Waals surface area contributed by atoms with E-state index in [1.165, 1.54) is 4.90 Å². The molecule has 1 aliphatic heterocycles. The van der Waals surface area contributed by atoms with Crippen molar-refractivity contribution in [3.63, 3.8) is 0 Å². The Balaban J connectivity index is 1.43. The Bertz CT molecular complexity index is 1380. The molecule has 0 radical (unpaired) electrons. The molecule has 250 valence electrons. The van der Waals surface area contributed by atoms with Gasteiger partial charge in [-0.25, -0.2) is 24.5 Å². The van der Waals surface area contributed by atoms with Gasteiger partial charge < -0.3 is 15.0 Å². The number of halogens is 7. The summed E-state index contributed by atoms with van der Waals surface area (Å²) in [5, 5.41) is 6.28. The van der Waals surface area contributed by atoms with Crippen LogP contribution in [0.2, 0.25) is 25.7 Å². The molecule has 0 unspecified atom stereocenters. The number of alkyl halides is 7. The van der Waals surface area contributed by atoms with Crippen molar-refractivity contribution in [2.45, 2.75) is 63.8 Å². The molecule has 3 heterocycles. The first-order valence-electron chi connectivity index (χ1n) is 13.8. The number of hydrogen-bond acceptors (Lipinski definition) is 9. The molecule has 0 saturated carbocycles. The zero-order valence-corrected chi connectivity index (χ0v) is 25.8. The van der Waals surface area contributed by atoms with E-state index in [1.54, 1.807) is 0 Å². The predicted molar refractivity (Wildman–Crippen MR) is 152 cm³/mol. The van der Waals surface area contributed by atoms with Gasteiger partial charge in [0.1, 0.15) is 18.5 Å². The highest BCUT2D eigenvalue weighted by atomic mass is 28.3. The highest BCUT2D eigenvalue weighted by Gasteiger charge is 2.38. The molecule has 1 saturated heterocycles. The molecule has 1 atom stereocenters. The van der Waals surface area contributed by atoms with Crippen molar-refractivity contribution < 1.29 is 45.1 Å². The molecule has 1 fully saturated rings. The lowest BCUT2D eigenvalue weighted by Gasteiger charge is -2.30. The van der Waals surface area contributed by atoms with Crippen LogP contribution >= 0.6 is 0 Å². The van der Waals surface area contributed by atoms with Crippen LogP contribution in [0.1, 0.15) is 24.0 Å². The second-order valence-electron chi connectivity index (χ2n) is 11.3. The highest BCUT2D eigenvalue weighted by Crippen LogP contribution is 2.32. The summed E-state index contributed by atoms with van der Waals surface area (Å²) in [6, 6.07) is 0.771. The lowest BCUT2D eigenvalue weighted by Crippen LogP contribution is -2.39. The van der Waals surface area contributed by atoms with Crippen molar-refractivity contribution in [3.05, 3.63) is 51.7 Å². The van der Waals surface area contributed by atoms with Crippen LogP contribution in [0.25, 0.3) is 0 Å². The fourth-order valence-corrected chi connectivity index (χ4v) is 4.76. The number of hydroxylamine groups is 1. The van der Waals surface area contributed by atoms with E-state index in [4.69, 9.17) is 9.57 Å². The van der Waals surface area contributed by atoms with Gasteiger partial charge in [0, 0.05) is 46.2 Å². The van der Waals surface area contributed by atoms with Gasteiger partial charge in [-0.1, -0.05) is 19.6 Å². The normalized spacial score (nSPS) is 17.1. The average Bonchev–Trinajstić information content (AvgIpc) is 2.93. The number of hydrogen-bond donors (Lipinski definition) is 2. The molecule has 0 bridgehead atoms. The number of piperidine rings is 1. The van der Waals surface area contributed by atoms with E-state index in [2.05, 4.69) is 45.5 Å². The summed E-state index contributed by atoms with van der Waals surface area (Å²) in [6.07, 6.45) is -7.88. The first-order chi connectivity index (χ1) is 21.0. The van der Waals surface area contributed by atoms with Gasteiger partial charge in [0.05, 0.1) is 30.6 Å². The summed E-state index contributed by atoms with van der Waals surface area (Å²) in [7, 11) is -1.43. The first-order valence-corrected chi connectivity index (χ1v) is 17.6. The minimum atomic E-state index is -4.95. The average molecular weight is 670 g/mol. The van der Waals surface area contributed by atoms with Crippen LogP contribution in [0.3, 0.4) is 0 Å². The second-order valence-corrected chi connectivity index (χ2v) is 17.0. The van der Waals surface area contributed by atoms with Crippen molar-refractivity contribution in [2.75, 3.05) is 43.1 Å². The largest absolute Gasteiger partial charge is 0.423 e. The maximum absolute atomic E-state index is 14.7. The molecule has 19 heteroatoms. The molecule has 3 rings (SSSR count). The fourth-order valence-electron chi connectivity index (χ4n) is 4.00. The maximum atomic E-state index is 14.7. The Morgan fingerprint density at radius 3 is 2.38 bits per heavy atom. The fraction of sp³-hybridized carbons (Fsp3) is 0.577. The van der Waals surface area contributed by atoms with Gasteiger partial charge in [-0.15, -0.1) is 0 Å². The van der Waals surface area contributed by atoms with Gasteiger partial charge in [-0.05, 0) is 24.5 Å². The van der Waals surface area contributed by atoms with Crippen molar-refractivity contribution >= 4 is 25.6 Å². The molecule has 0 aromatic carbocycles. The molecule has 2 aromatic heterocycles. The molecule has 2 N–H and O–H groups in total. The van der Waals surface area contributed by atoms with Crippen LogP contribution < -0.4 is 21.3 Å². The summed E-state index contributed by atoms with van der Waals surface area (Å²) in [4.78, 5) is 38.3. The first kappa shape index (κ1) is 35.9. The topological polar surface area (TPSA) is 124 Å². The van der Waals surface area contributed by atoms with Gasteiger partial charge in [-0.2, -0.15) is 31.4 Å². The second kappa shape index (κ2) is 15.1. The summed E-state index contributed by atoms with van der Waals surface area (Å²) >= 11 is 0. The van der Waals surface area contributed by atoms with E-state index in [-0.39, 0.29) is 50.6 Å². The Kier molecular flexibility index (Phi) is 12.1. The minimum Gasteiger partial charge on any atom is -0.383 e. The standard InChI is InChI=1S/C26H34F7N7O4Si/c1-45(2,3)10-9-43-16-40-23(42)22(26(31,32)33)20(14-37-40)34-6-4-8-44-38-21(41)11-17-5-7-39(15-19(17)27)24-35-12-18(13-36-24)25(28,29)30/h11-14,19,34H,4-10,15-16H2,1-3H3,(H,38,41)/b17-11-/t19-/m1/s1. The van der Waals surface area contributed by atoms with Crippen LogP contribution in [0.5, 0.6) is 0 Å². The van der Waals surface area contributed by atoms with Crippen LogP contribution in [0, 0.1) is 0 Å².